The number of ether oxygens (including phenoxy) is 3. The number of allylic oxidation sites excluding steroid dienone is 17. The van der Waals surface area contributed by atoms with Crippen LogP contribution in [0.4, 0.5) is 0 Å². The summed E-state index contributed by atoms with van der Waals surface area (Å²) in [4.78, 5) is 37.6. The van der Waals surface area contributed by atoms with E-state index in [0.29, 0.717) is 6.42 Å². The zero-order valence-corrected chi connectivity index (χ0v) is 37.7. The van der Waals surface area contributed by atoms with E-state index in [9.17, 15) is 14.4 Å². The van der Waals surface area contributed by atoms with Crippen LogP contribution in [0.3, 0.4) is 0 Å². The molecule has 332 valence electrons. The molecule has 0 saturated carbocycles. The third-order valence-corrected chi connectivity index (χ3v) is 9.29. The molecule has 1 atom stereocenters. The predicted molar refractivity (Wildman–Crippen MR) is 251 cm³/mol. The summed E-state index contributed by atoms with van der Waals surface area (Å²) in [6, 6.07) is 0. The lowest BCUT2D eigenvalue weighted by atomic mass is 10.1. The zero-order chi connectivity index (χ0) is 43.0. The lowest BCUT2D eigenvalue weighted by Gasteiger charge is -2.18. The van der Waals surface area contributed by atoms with Gasteiger partial charge in [-0.15, -0.1) is 0 Å². The standard InChI is InChI=1S/C53H84O6/c1-4-7-10-13-16-19-21-23-25-27-29-31-34-37-40-43-46-52(55)58-49-50(48-57-51(54)45-42-39-36-33-18-15-12-9-6-3)59-53(56)47-44-41-38-35-32-30-28-26-24-22-20-17-14-11-8-5-2/h7,9-10,12,16,18-19,23,25-26,28-29,31,33,37,39-40,42,50H,4-6,8,11,13-15,17,20-22,24,27,30,32,34-36,38,41,43-49H2,1-3H3/b10-7-,12-9-,19-16-,25-23-,28-26-,31-29-,33-18-,40-37-,42-39-. The Morgan fingerprint density at radius 2 is 0.763 bits per heavy atom. The van der Waals surface area contributed by atoms with Gasteiger partial charge in [-0.05, 0) is 89.9 Å². The van der Waals surface area contributed by atoms with Gasteiger partial charge in [0, 0.05) is 12.8 Å². The van der Waals surface area contributed by atoms with Crippen molar-refractivity contribution in [3.63, 3.8) is 0 Å². The average Bonchev–Trinajstić information content (AvgIpc) is 3.23. The van der Waals surface area contributed by atoms with Crippen molar-refractivity contribution in [2.75, 3.05) is 13.2 Å². The molecular formula is C53H84O6. The number of carbonyl (C=O) groups is 3. The minimum Gasteiger partial charge on any atom is -0.462 e. The van der Waals surface area contributed by atoms with E-state index in [1.165, 1.54) is 57.8 Å². The molecule has 0 aromatic carbocycles. The number of esters is 3. The zero-order valence-electron chi connectivity index (χ0n) is 37.7. The maximum Gasteiger partial charge on any atom is 0.309 e. The van der Waals surface area contributed by atoms with E-state index in [2.05, 4.69) is 106 Å². The van der Waals surface area contributed by atoms with Gasteiger partial charge < -0.3 is 14.2 Å². The Hall–Kier alpha value is -3.93. The molecule has 0 heterocycles. The fraction of sp³-hybridized carbons (Fsp3) is 0.604. The first-order valence-corrected chi connectivity index (χ1v) is 23.4. The van der Waals surface area contributed by atoms with Gasteiger partial charge in [-0.3, -0.25) is 14.4 Å². The van der Waals surface area contributed by atoms with Gasteiger partial charge in [0.25, 0.3) is 0 Å². The predicted octanol–water partition coefficient (Wildman–Crippen LogP) is 15.2. The van der Waals surface area contributed by atoms with E-state index in [1.54, 1.807) is 6.08 Å². The summed E-state index contributed by atoms with van der Waals surface area (Å²) in [6.07, 6.45) is 62.6. The van der Waals surface area contributed by atoms with Crippen LogP contribution in [0.25, 0.3) is 0 Å². The molecule has 0 aromatic heterocycles. The van der Waals surface area contributed by atoms with Gasteiger partial charge in [0.2, 0.25) is 0 Å². The summed E-state index contributed by atoms with van der Waals surface area (Å²) in [5.74, 6) is -1.17. The first-order valence-electron chi connectivity index (χ1n) is 23.4. The van der Waals surface area contributed by atoms with E-state index in [1.807, 2.05) is 18.2 Å². The van der Waals surface area contributed by atoms with Crippen LogP contribution in [0.1, 0.15) is 188 Å². The molecule has 6 heteroatoms. The smallest absolute Gasteiger partial charge is 0.309 e. The van der Waals surface area contributed by atoms with Gasteiger partial charge in [-0.25, -0.2) is 0 Å². The number of rotatable bonds is 40. The second-order valence-electron chi connectivity index (χ2n) is 14.9. The lowest BCUT2D eigenvalue weighted by Crippen LogP contribution is -2.30. The Labute approximate surface area is 361 Å². The molecular weight excluding hydrogens is 733 g/mol. The fourth-order valence-corrected chi connectivity index (χ4v) is 5.84. The molecule has 0 radical (unpaired) electrons. The van der Waals surface area contributed by atoms with Gasteiger partial charge in [0.1, 0.15) is 13.2 Å². The molecule has 6 nitrogen and oxygen atoms in total. The molecule has 0 aromatic rings. The molecule has 0 spiro atoms. The van der Waals surface area contributed by atoms with Crippen molar-refractivity contribution in [2.45, 2.75) is 194 Å². The molecule has 0 fully saturated rings. The van der Waals surface area contributed by atoms with Crippen LogP contribution in [0.2, 0.25) is 0 Å². The first kappa shape index (κ1) is 55.1. The number of hydrogen-bond acceptors (Lipinski definition) is 6. The molecule has 1 unspecified atom stereocenters. The number of hydrogen-bond donors (Lipinski definition) is 0. The van der Waals surface area contributed by atoms with Gasteiger partial charge >= 0.3 is 17.9 Å². The second kappa shape index (κ2) is 46.8. The van der Waals surface area contributed by atoms with Crippen molar-refractivity contribution in [3.05, 3.63) is 109 Å². The molecule has 0 bridgehead atoms. The maximum absolute atomic E-state index is 12.7. The van der Waals surface area contributed by atoms with Crippen LogP contribution < -0.4 is 0 Å². The average molecular weight is 817 g/mol. The molecule has 0 amide bonds. The van der Waals surface area contributed by atoms with Gasteiger partial charge in [-0.2, -0.15) is 0 Å². The topological polar surface area (TPSA) is 78.9 Å². The Bertz CT molecular complexity index is 1260. The summed E-state index contributed by atoms with van der Waals surface area (Å²) >= 11 is 0. The van der Waals surface area contributed by atoms with Crippen LogP contribution in [0.5, 0.6) is 0 Å². The highest BCUT2D eigenvalue weighted by Crippen LogP contribution is 2.12. The quantitative estimate of drug-likeness (QED) is 0.0265. The molecule has 0 aliphatic rings. The maximum atomic E-state index is 12.7. The number of carbonyl (C=O) groups excluding carboxylic acids is 3. The van der Waals surface area contributed by atoms with E-state index >= 15 is 0 Å². The summed E-state index contributed by atoms with van der Waals surface area (Å²) in [7, 11) is 0. The van der Waals surface area contributed by atoms with Crippen molar-refractivity contribution in [1.29, 1.82) is 0 Å². The molecule has 0 N–H and O–H groups in total. The van der Waals surface area contributed by atoms with Crippen LogP contribution in [-0.2, 0) is 28.6 Å². The Morgan fingerprint density at radius 1 is 0.373 bits per heavy atom. The molecule has 0 aliphatic carbocycles. The van der Waals surface area contributed by atoms with Crippen molar-refractivity contribution in [1.82, 2.24) is 0 Å². The minimum absolute atomic E-state index is 0.117. The fourth-order valence-electron chi connectivity index (χ4n) is 5.84. The number of unbranched alkanes of at least 4 members (excludes halogenated alkanes) is 12. The molecule has 59 heavy (non-hydrogen) atoms. The third-order valence-electron chi connectivity index (χ3n) is 9.29. The summed E-state index contributed by atoms with van der Waals surface area (Å²) < 4.78 is 16.5. The van der Waals surface area contributed by atoms with Crippen molar-refractivity contribution >= 4 is 17.9 Å². The Morgan fingerprint density at radius 3 is 1.25 bits per heavy atom. The van der Waals surface area contributed by atoms with Gasteiger partial charge in [0.15, 0.2) is 6.10 Å². The largest absolute Gasteiger partial charge is 0.462 e. The van der Waals surface area contributed by atoms with Crippen LogP contribution >= 0.6 is 0 Å². The van der Waals surface area contributed by atoms with E-state index in [0.717, 1.165) is 83.5 Å². The van der Waals surface area contributed by atoms with E-state index in [-0.39, 0.29) is 44.4 Å². The van der Waals surface area contributed by atoms with Crippen LogP contribution in [-0.4, -0.2) is 37.2 Å². The van der Waals surface area contributed by atoms with Gasteiger partial charge in [0.05, 0.1) is 6.42 Å². The van der Waals surface area contributed by atoms with Crippen molar-refractivity contribution in [2.24, 2.45) is 0 Å². The second-order valence-corrected chi connectivity index (χ2v) is 14.9. The SMILES string of the molecule is CC/C=C\C/C=C\C/C=C\C/C=C\C/C=C\CCC(=O)OCC(COC(=O)C/C=C\C/C=C\C/C=C\CC)OC(=O)CCCCCCC/C=C\CCCCCCCCC. The highest BCUT2D eigenvalue weighted by Gasteiger charge is 2.19. The molecule has 0 rings (SSSR count). The van der Waals surface area contributed by atoms with Crippen LogP contribution in [0.15, 0.2) is 109 Å². The van der Waals surface area contributed by atoms with E-state index < -0.39 is 12.1 Å². The summed E-state index contributed by atoms with van der Waals surface area (Å²) in [5.41, 5.74) is 0. The highest BCUT2D eigenvalue weighted by atomic mass is 16.6. The molecule has 0 aliphatic heterocycles. The van der Waals surface area contributed by atoms with E-state index in [4.69, 9.17) is 14.2 Å². The Kier molecular flexibility index (Phi) is 43.6. The van der Waals surface area contributed by atoms with Crippen LogP contribution in [0, 0.1) is 0 Å². The third kappa shape index (κ3) is 45.0. The Balaban J connectivity index is 4.55. The minimum atomic E-state index is -0.847. The summed E-state index contributed by atoms with van der Waals surface area (Å²) in [5, 5.41) is 0. The first-order chi connectivity index (χ1) is 29.0. The highest BCUT2D eigenvalue weighted by molar-refractivity contribution is 5.72. The van der Waals surface area contributed by atoms with Crippen molar-refractivity contribution in [3.8, 4) is 0 Å². The van der Waals surface area contributed by atoms with Crippen molar-refractivity contribution < 1.29 is 28.6 Å². The summed E-state index contributed by atoms with van der Waals surface area (Å²) in [6.45, 7) is 6.20. The lowest BCUT2D eigenvalue weighted by molar-refractivity contribution is -0.166. The molecule has 0 saturated heterocycles. The normalized spacial score (nSPS) is 13.1. The monoisotopic (exact) mass is 817 g/mol. The van der Waals surface area contributed by atoms with Gasteiger partial charge in [-0.1, -0.05) is 188 Å².